The van der Waals surface area contributed by atoms with Gasteiger partial charge in [-0.05, 0) is 49.6 Å². The van der Waals surface area contributed by atoms with Crippen molar-refractivity contribution in [2.75, 3.05) is 60.4 Å². The highest BCUT2D eigenvalue weighted by Gasteiger charge is 2.64. The van der Waals surface area contributed by atoms with Crippen molar-refractivity contribution in [3.8, 4) is 17.6 Å². The second-order valence-corrected chi connectivity index (χ2v) is 19.7. The third-order valence-corrected chi connectivity index (χ3v) is 14.8. The molecule has 17 heteroatoms. The van der Waals surface area contributed by atoms with Gasteiger partial charge in [-0.25, -0.2) is 15.0 Å². The number of amides is 3. The van der Waals surface area contributed by atoms with Gasteiger partial charge in [0.05, 0.1) is 35.1 Å². The van der Waals surface area contributed by atoms with Crippen molar-refractivity contribution in [3.63, 3.8) is 0 Å². The molecule has 3 aliphatic heterocycles. The van der Waals surface area contributed by atoms with Crippen LogP contribution in [-0.4, -0.2) is 107 Å². The van der Waals surface area contributed by atoms with Crippen molar-refractivity contribution in [2.45, 2.75) is 91.0 Å². The van der Waals surface area contributed by atoms with E-state index in [9.17, 15) is 19.6 Å². The lowest BCUT2D eigenvalue weighted by molar-refractivity contribution is -0.164. The first kappa shape index (κ1) is 44.0. The number of fused-ring (bicyclic) bond motifs is 2. The Hall–Kier alpha value is -6.21. The maximum absolute atomic E-state index is 13.9. The minimum absolute atomic E-state index is 0.0627. The SMILES string of the molecule is CC[C@@H]1C(=O)N(C)c2cnc(Nc3ccc(C(=O)N4CC5CN(c6ncc(C(=O)NC7C(C)(C)C(Oc8ccc(C#N)c(Cl)c8)C7(C)C)cn6)CC5C4)cc3OC)nc2N1C1CCCC1. The van der Waals surface area contributed by atoms with Crippen LogP contribution in [-0.2, 0) is 4.79 Å². The van der Waals surface area contributed by atoms with Gasteiger partial charge in [0.2, 0.25) is 17.8 Å². The van der Waals surface area contributed by atoms with Crippen LogP contribution < -0.4 is 34.8 Å². The summed E-state index contributed by atoms with van der Waals surface area (Å²) >= 11 is 6.26. The van der Waals surface area contributed by atoms with E-state index in [4.69, 9.17) is 26.1 Å². The zero-order valence-corrected chi connectivity index (χ0v) is 38.7. The van der Waals surface area contributed by atoms with Crippen LogP contribution in [0.5, 0.6) is 11.5 Å². The van der Waals surface area contributed by atoms with Gasteiger partial charge in [0.25, 0.3) is 11.8 Å². The number of anilines is 5. The molecule has 2 saturated heterocycles. The number of carbonyl (C=O) groups is 3. The van der Waals surface area contributed by atoms with E-state index in [2.05, 4.69) is 69.1 Å². The molecule has 2 N–H and O–H groups in total. The molecule has 4 aromatic rings. The van der Waals surface area contributed by atoms with Gasteiger partial charge in [-0.3, -0.25) is 14.4 Å². The van der Waals surface area contributed by atoms with E-state index in [0.29, 0.717) is 89.1 Å². The fraction of sp³-hybridized carbons (Fsp3) is 0.500. The van der Waals surface area contributed by atoms with Gasteiger partial charge in [-0.2, -0.15) is 10.2 Å². The topological polar surface area (TPSA) is 182 Å². The molecule has 3 amide bonds. The van der Waals surface area contributed by atoms with E-state index in [1.165, 1.54) is 0 Å². The number of nitrogens with zero attached hydrogens (tertiary/aromatic N) is 9. The molecule has 3 atom stereocenters. The molecule has 2 unspecified atom stereocenters. The van der Waals surface area contributed by atoms with E-state index in [-0.39, 0.29) is 53.8 Å². The van der Waals surface area contributed by atoms with Crippen LogP contribution in [0.1, 0.15) is 93.0 Å². The van der Waals surface area contributed by atoms with E-state index >= 15 is 0 Å². The maximum Gasteiger partial charge on any atom is 0.254 e. The zero-order chi connectivity index (χ0) is 45.9. The van der Waals surface area contributed by atoms with E-state index in [0.717, 1.165) is 31.5 Å². The number of likely N-dealkylation sites (N-methyl/N-ethyl adjacent to an activating group) is 1. The Bertz CT molecular complexity index is 2530. The van der Waals surface area contributed by atoms with Crippen LogP contribution in [0, 0.1) is 34.0 Å². The molecular formula is C48H56ClN11O5. The minimum atomic E-state index is -0.410. The summed E-state index contributed by atoms with van der Waals surface area (Å²) in [5, 5.41) is 16.1. The number of nitriles is 1. The predicted octanol–water partition coefficient (Wildman–Crippen LogP) is 6.87. The Balaban J connectivity index is 0.800. The summed E-state index contributed by atoms with van der Waals surface area (Å²) in [5.41, 5.74) is 1.78. The maximum atomic E-state index is 13.9. The predicted molar refractivity (Wildman–Crippen MR) is 247 cm³/mol. The standard InChI is InChI=1S/C48H56ClN11O5/c1-8-36-42(63)57(6)37-22-51-45(55-39(37)60(36)32-11-9-10-12-32)54-35-16-14-27(17-38(35)64-7)41(62)58-23-30-25-59(26-31(30)24-58)46-52-20-29(21-53-46)40(61)56-43-47(2,3)44(48(43,4)5)65-33-15-13-28(19-50)34(49)18-33/h13-18,20-22,30-32,36,43-44H,8-12,23-26H2,1-7H3,(H,56,61)(H,51,54,55)/t30?,31?,36-,43?,44?/m1/s1. The van der Waals surface area contributed by atoms with Crippen molar-refractivity contribution in [2.24, 2.45) is 22.7 Å². The van der Waals surface area contributed by atoms with E-state index < -0.39 is 10.8 Å². The van der Waals surface area contributed by atoms with E-state index in [1.807, 2.05) is 17.9 Å². The average molecular weight is 903 g/mol. The Morgan fingerprint density at radius 2 is 1.63 bits per heavy atom. The molecule has 4 fully saturated rings. The van der Waals surface area contributed by atoms with Crippen LogP contribution in [0.3, 0.4) is 0 Å². The first-order valence-electron chi connectivity index (χ1n) is 22.5. The number of aromatic nitrogens is 4. The second kappa shape index (κ2) is 17.0. The number of halogens is 1. The Kier molecular flexibility index (Phi) is 11.5. The van der Waals surface area contributed by atoms with E-state index in [1.54, 1.807) is 68.0 Å². The number of nitrogens with one attached hydrogen (secondary N) is 2. The number of hydrogen-bond donors (Lipinski definition) is 2. The quantitative estimate of drug-likeness (QED) is 0.159. The number of ether oxygens (including phenoxy) is 2. The minimum Gasteiger partial charge on any atom is -0.495 e. The van der Waals surface area contributed by atoms with Crippen LogP contribution >= 0.6 is 11.6 Å². The zero-order valence-electron chi connectivity index (χ0n) is 38.0. The third-order valence-electron chi connectivity index (χ3n) is 14.5. The number of methoxy groups -OCH3 is 1. The molecule has 9 rings (SSSR count). The molecule has 16 nitrogen and oxygen atoms in total. The number of carbonyl (C=O) groups excluding carboxylic acids is 3. The summed E-state index contributed by atoms with van der Waals surface area (Å²) in [6, 6.07) is 12.3. The Morgan fingerprint density at radius 1 is 0.938 bits per heavy atom. The molecule has 5 heterocycles. The number of rotatable bonds is 11. The normalized spacial score (nSPS) is 24.2. The number of likely N-dealkylation sites (tertiary alicyclic amines) is 1. The van der Waals surface area contributed by atoms with Crippen molar-refractivity contribution in [1.82, 2.24) is 30.2 Å². The van der Waals surface area contributed by atoms with Crippen molar-refractivity contribution in [1.29, 1.82) is 5.26 Å². The van der Waals surface area contributed by atoms with Crippen molar-refractivity contribution in [3.05, 3.63) is 76.7 Å². The van der Waals surface area contributed by atoms with Gasteiger partial charge < -0.3 is 39.7 Å². The molecule has 2 saturated carbocycles. The summed E-state index contributed by atoms with van der Waals surface area (Å²) in [6.45, 7) is 12.9. The van der Waals surface area contributed by atoms with Gasteiger partial charge in [-0.1, -0.05) is 59.1 Å². The molecule has 5 aliphatic rings. The van der Waals surface area contributed by atoms with Crippen molar-refractivity contribution >= 4 is 58.4 Å². The van der Waals surface area contributed by atoms with Crippen molar-refractivity contribution < 1.29 is 23.9 Å². The highest BCUT2D eigenvalue weighted by molar-refractivity contribution is 6.31. The molecule has 65 heavy (non-hydrogen) atoms. The average Bonchev–Trinajstić information content (AvgIpc) is 4.07. The highest BCUT2D eigenvalue weighted by atomic mass is 35.5. The molecule has 340 valence electrons. The second-order valence-electron chi connectivity index (χ2n) is 19.3. The van der Waals surface area contributed by atoms with Gasteiger partial charge in [0.15, 0.2) is 5.82 Å². The fourth-order valence-corrected chi connectivity index (χ4v) is 11.6. The van der Waals surface area contributed by atoms with Crippen LogP contribution in [0.2, 0.25) is 5.02 Å². The first-order chi connectivity index (χ1) is 31.1. The summed E-state index contributed by atoms with van der Waals surface area (Å²) in [6.07, 6.45) is 9.65. The summed E-state index contributed by atoms with van der Waals surface area (Å²) in [7, 11) is 3.36. The smallest absolute Gasteiger partial charge is 0.254 e. The molecule has 2 aliphatic carbocycles. The lowest BCUT2D eigenvalue weighted by Gasteiger charge is -2.63. The summed E-state index contributed by atoms with van der Waals surface area (Å²) in [5.74, 6) is 3.00. The van der Waals surface area contributed by atoms with Crippen LogP contribution in [0.15, 0.2) is 55.0 Å². The van der Waals surface area contributed by atoms with Crippen LogP contribution in [0.25, 0.3) is 0 Å². The van der Waals surface area contributed by atoms with Crippen LogP contribution in [0.4, 0.5) is 29.1 Å². The van der Waals surface area contributed by atoms with Gasteiger partial charge in [-0.15, -0.1) is 0 Å². The number of hydrogen-bond acceptors (Lipinski definition) is 13. The van der Waals surface area contributed by atoms with Gasteiger partial charge in [0.1, 0.15) is 35.4 Å². The molecule has 2 aromatic heterocycles. The Labute approximate surface area is 384 Å². The lowest BCUT2D eigenvalue weighted by Crippen LogP contribution is -2.74. The molecule has 0 radical (unpaired) electrons. The lowest BCUT2D eigenvalue weighted by atomic mass is 9.49. The third kappa shape index (κ3) is 7.81. The highest BCUT2D eigenvalue weighted by Crippen LogP contribution is 2.56. The largest absolute Gasteiger partial charge is 0.495 e. The summed E-state index contributed by atoms with van der Waals surface area (Å²) < 4.78 is 12.2. The molecule has 2 aromatic carbocycles. The number of benzene rings is 2. The first-order valence-corrected chi connectivity index (χ1v) is 22.9. The fourth-order valence-electron chi connectivity index (χ4n) is 11.4. The molecule has 0 spiro atoms. The summed E-state index contributed by atoms with van der Waals surface area (Å²) in [4.78, 5) is 67.5. The molecule has 0 bridgehead atoms. The molecular weight excluding hydrogens is 846 g/mol. The van der Waals surface area contributed by atoms with Gasteiger partial charge in [0, 0.05) is 92.0 Å². The monoisotopic (exact) mass is 901 g/mol. The Morgan fingerprint density at radius 3 is 2.26 bits per heavy atom. The van der Waals surface area contributed by atoms with Gasteiger partial charge >= 0.3 is 0 Å².